The lowest BCUT2D eigenvalue weighted by atomic mass is 10.1. The molecule has 1 aliphatic rings. The largest absolute Gasteiger partial charge is 0.309 e. The van der Waals surface area contributed by atoms with Crippen LogP contribution in [0, 0.1) is 0 Å². The topological polar surface area (TPSA) is 29.9 Å². The van der Waals surface area contributed by atoms with Crippen molar-refractivity contribution in [3.05, 3.63) is 47.9 Å². The van der Waals surface area contributed by atoms with Crippen LogP contribution >= 0.6 is 11.3 Å². The molecule has 1 unspecified atom stereocenters. The van der Waals surface area contributed by atoms with E-state index in [0.717, 1.165) is 6.54 Å². The fourth-order valence-corrected chi connectivity index (χ4v) is 3.59. The van der Waals surface area contributed by atoms with E-state index in [0.29, 0.717) is 6.04 Å². The number of hydrogen-bond acceptors (Lipinski definition) is 3. The standard InChI is InChI=1S/C15H15N3S/c1-2-13(17-6-1)14-9-16-10-18(14)12-3-4-15-11(8-12)5-7-19-15/h3-5,7-10,13,17H,1-2,6H2. The van der Waals surface area contributed by atoms with Crippen molar-refractivity contribution in [2.45, 2.75) is 18.9 Å². The molecule has 4 heteroatoms. The van der Waals surface area contributed by atoms with Gasteiger partial charge in [-0.1, -0.05) is 0 Å². The van der Waals surface area contributed by atoms with Crippen LogP contribution in [0.5, 0.6) is 0 Å². The van der Waals surface area contributed by atoms with E-state index in [9.17, 15) is 0 Å². The SMILES string of the molecule is c1cc2cc(-n3cncc3C3CCCN3)ccc2s1. The van der Waals surface area contributed by atoms with Gasteiger partial charge in [-0.05, 0) is 54.4 Å². The fourth-order valence-electron chi connectivity index (χ4n) is 2.82. The second-order valence-electron chi connectivity index (χ2n) is 4.98. The second-order valence-corrected chi connectivity index (χ2v) is 5.93. The van der Waals surface area contributed by atoms with E-state index in [-0.39, 0.29) is 0 Å². The van der Waals surface area contributed by atoms with Gasteiger partial charge >= 0.3 is 0 Å². The molecule has 0 saturated carbocycles. The molecule has 19 heavy (non-hydrogen) atoms. The minimum atomic E-state index is 0.445. The molecule has 3 aromatic rings. The predicted molar refractivity (Wildman–Crippen MR) is 78.9 cm³/mol. The Labute approximate surface area is 115 Å². The van der Waals surface area contributed by atoms with Crippen molar-refractivity contribution in [2.24, 2.45) is 0 Å². The minimum Gasteiger partial charge on any atom is -0.309 e. The zero-order chi connectivity index (χ0) is 12.7. The van der Waals surface area contributed by atoms with Crippen LogP contribution in [0.1, 0.15) is 24.6 Å². The number of benzene rings is 1. The van der Waals surface area contributed by atoms with E-state index in [2.05, 4.69) is 44.5 Å². The third-order valence-electron chi connectivity index (χ3n) is 3.80. The molecule has 0 amide bonds. The lowest BCUT2D eigenvalue weighted by molar-refractivity contribution is 0.615. The average Bonchev–Trinajstić information content (AvgIpc) is 3.18. The molecule has 4 rings (SSSR count). The van der Waals surface area contributed by atoms with Crippen LogP contribution in [0.2, 0.25) is 0 Å². The number of thiophene rings is 1. The maximum atomic E-state index is 4.34. The highest BCUT2D eigenvalue weighted by molar-refractivity contribution is 7.17. The van der Waals surface area contributed by atoms with Crippen LogP contribution in [0.4, 0.5) is 0 Å². The first kappa shape index (κ1) is 11.2. The second kappa shape index (κ2) is 4.47. The number of fused-ring (bicyclic) bond motifs is 1. The summed E-state index contributed by atoms with van der Waals surface area (Å²) in [5.74, 6) is 0. The molecule has 1 atom stereocenters. The zero-order valence-corrected chi connectivity index (χ0v) is 11.4. The number of hydrogen-bond donors (Lipinski definition) is 1. The van der Waals surface area contributed by atoms with Crippen molar-refractivity contribution in [1.82, 2.24) is 14.9 Å². The Kier molecular flexibility index (Phi) is 2.64. The number of rotatable bonds is 2. The van der Waals surface area contributed by atoms with Gasteiger partial charge in [0.05, 0.1) is 18.2 Å². The molecule has 0 aliphatic carbocycles. The molecule has 1 saturated heterocycles. The molecule has 0 spiro atoms. The summed E-state index contributed by atoms with van der Waals surface area (Å²) in [6, 6.07) is 9.24. The van der Waals surface area contributed by atoms with Gasteiger partial charge in [-0.15, -0.1) is 11.3 Å². The highest BCUT2D eigenvalue weighted by atomic mass is 32.1. The minimum absolute atomic E-state index is 0.445. The first-order valence-corrected chi connectivity index (χ1v) is 7.53. The Bertz CT molecular complexity index is 707. The molecular weight excluding hydrogens is 254 g/mol. The van der Waals surface area contributed by atoms with E-state index in [1.165, 1.54) is 34.3 Å². The highest BCUT2D eigenvalue weighted by Crippen LogP contribution is 2.28. The Hall–Kier alpha value is -1.65. The van der Waals surface area contributed by atoms with Crippen molar-refractivity contribution in [3.63, 3.8) is 0 Å². The van der Waals surface area contributed by atoms with Crippen molar-refractivity contribution in [1.29, 1.82) is 0 Å². The molecule has 0 radical (unpaired) electrons. The van der Waals surface area contributed by atoms with Gasteiger partial charge in [-0.25, -0.2) is 4.98 Å². The van der Waals surface area contributed by atoms with Gasteiger partial charge in [0.1, 0.15) is 0 Å². The monoisotopic (exact) mass is 269 g/mol. The lowest BCUT2D eigenvalue weighted by Crippen LogP contribution is -2.16. The molecule has 0 bridgehead atoms. The number of imidazole rings is 1. The molecular formula is C15H15N3S. The number of aromatic nitrogens is 2. The quantitative estimate of drug-likeness (QED) is 0.771. The van der Waals surface area contributed by atoms with Crippen molar-refractivity contribution < 1.29 is 0 Å². The average molecular weight is 269 g/mol. The summed E-state index contributed by atoms with van der Waals surface area (Å²) in [5, 5.41) is 6.99. The fraction of sp³-hybridized carbons (Fsp3) is 0.267. The first-order chi connectivity index (χ1) is 9.42. The van der Waals surface area contributed by atoms with E-state index >= 15 is 0 Å². The van der Waals surface area contributed by atoms with Gasteiger partial charge in [-0.2, -0.15) is 0 Å². The molecule has 1 aliphatic heterocycles. The van der Waals surface area contributed by atoms with Gasteiger partial charge in [0.25, 0.3) is 0 Å². The summed E-state index contributed by atoms with van der Waals surface area (Å²) in [7, 11) is 0. The smallest absolute Gasteiger partial charge is 0.0994 e. The van der Waals surface area contributed by atoms with Crippen LogP contribution in [-0.2, 0) is 0 Å². The van der Waals surface area contributed by atoms with E-state index in [1.807, 2.05) is 12.5 Å². The number of nitrogens with one attached hydrogen (secondary N) is 1. The van der Waals surface area contributed by atoms with E-state index < -0.39 is 0 Å². The van der Waals surface area contributed by atoms with Gasteiger partial charge in [0.15, 0.2) is 0 Å². The number of nitrogens with zero attached hydrogens (tertiary/aromatic N) is 2. The van der Waals surface area contributed by atoms with Crippen molar-refractivity contribution >= 4 is 21.4 Å². The Morgan fingerprint density at radius 2 is 2.32 bits per heavy atom. The Morgan fingerprint density at radius 1 is 1.32 bits per heavy atom. The van der Waals surface area contributed by atoms with Crippen LogP contribution in [0.15, 0.2) is 42.2 Å². The molecule has 2 aromatic heterocycles. The van der Waals surface area contributed by atoms with Crippen LogP contribution in [-0.4, -0.2) is 16.1 Å². The Morgan fingerprint density at radius 3 is 3.21 bits per heavy atom. The molecule has 1 fully saturated rings. The maximum absolute atomic E-state index is 4.34. The normalized spacial score (nSPS) is 19.3. The third-order valence-corrected chi connectivity index (χ3v) is 4.70. The lowest BCUT2D eigenvalue weighted by Gasteiger charge is -2.14. The predicted octanol–water partition coefficient (Wildman–Crippen LogP) is 3.51. The summed E-state index contributed by atoms with van der Waals surface area (Å²) >= 11 is 1.79. The molecule has 3 nitrogen and oxygen atoms in total. The van der Waals surface area contributed by atoms with Crippen molar-refractivity contribution in [3.8, 4) is 5.69 Å². The summed E-state index contributed by atoms with van der Waals surface area (Å²) in [5.41, 5.74) is 2.47. The van der Waals surface area contributed by atoms with Crippen LogP contribution in [0.3, 0.4) is 0 Å². The van der Waals surface area contributed by atoms with Crippen LogP contribution in [0.25, 0.3) is 15.8 Å². The Balaban J connectivity index is 1.80. The summed E-state index contributed by atoms with van der Waals surface area (Å²) < 4.78 is 3.55. The first-order valence-electron chi connectivity index (χ1n) is 6.65. The molecule has 1 aromatic carbocycles. The molecule has 3 heterocycles. The van der Waals surface area contributed by atoms with Crippen molar-refractivity contribution in [2.75, 3.05) is 6.54 Å². The van der Waals surface area contributed by atoms with E-state index in [4.69, 9.17) is 0 Å². The van der Waals surface area contributed by atoms with Gasteiger partial charge in [-0.3, -0.25) is 0 Å². The van der Waals surface area contributed by atoms with Gasteiger partial charge < -0.3 is 9.88 Å². The van der Waals surface area contributed by atoms with Gasteiger partial charge in [0, 0.05) is 16.4 Å². The maximum Gasteiger partial charge on any atom is 0.0994 e. The molecule has 1 N–H and O–H groups in total. The van der Waals surface area contributed by atoms with E-state index in [1.54, 1.807) is 11.3 Å². The molecule has 96 valence electrons. The summed E-state index contributed by atoms with van der Waals surface area (Å²) in [6.45, 7) is 1.11. The zero-order valence-electron chi connectivity index (χ0n) is 10.5. The van der Waals surface area contributed by atoms with Crippen LogP contribution < -0.4 is 5.32 Å². The summed E-state index contributed by atoms with van der Waals surface area (Å²) in [4.78, 5) is 4.34. The third kappa shape index (κ3) is 1.88. The van der Waals surface area contributed by atoms with Gasteiger partial charge in [0.2, 0.25) is 0 Å². The summed E-state index contributed by atoms with van der Waals surface area (Å²) in [6.07, 6.45) is 6.36. The highest BCUT2D eigenvalue weighted by Gasteiger charge is 2.20.